The fourth-order valence-corrected chi connectivity index (χ4v) is 3.27. The maximum absolute atomic E-state index is 12.2. The molecule has 0 aliphatic rings. The third kappa shape index (κ3) is 4.58. The average molecular weight is 366 g/mol. The number of amides is 1. The minimum absolute atomic E-state index is 0.130. The van der Waals surface area contributed by atoms with E-state index in [0.29, 0.717) is 28.0 Å². The van der Waals surface area contributed by atoms with E-state index in [2.05, 4.69) is 23.5 Å². The normalized spacial score (nSPS) is 10.4. The molecule has 2 rings (SSSR count). The van der Waals surface area contributed by atoms with Crippen LogP contribution in [0.1, 0.15) is 11.1 Å². The van der Waals surface area contributed by atoms with Gasteiger partial charge in [-0.2, -0.15) is 0 Å². The Bertz CT molecular complexity index is 749. The molecule has 2 aromatic carbocycles. The van der Waals surface area contributed by atoms with Gasteiger partial charge in [0, 0.05) is 17.0 Å². The van der Waals surface area contributed by atoms with Crippen molar-refractivity contribution in [3.05, 3.63) is 46.5 Å². The van der Waals surface area contributed by atoms with Gasteiger partial charge in [0.15, 0.2) is 11.5 Å². The summed E-state index contributed by atoms with van der Waals surface area (Å²) in [6, 6.07) is 9.47. The monoisotopic (exact) mass is 365 g/mol. The predicted molar refractivity (Wildman–Crippen MR) is 99.8 cm³/mol. The smallest absolute Gasteiger partial charge is 0.234 e. The Morgan fingerprint density at radius 2 is 1.79 bits per heavy atom. The highest BCUT2D eigenvalue weighted by Crippen LogP contribution is 2.36. The van der Waals surface area contributed by atoms with Gasteiger partial charge in [0.05, 0.1) is 30.7 Å². The third-order valence-corrected chi connectivity index (χ3v) is 4.92. The van der Waals surface area contributed by atoms with Gasteiger partial charge >= 0.3 is 0 Å². The molecule has 0 radical (unpaired) electrons. The van der Waals surface area contributed by atoms with E-state index in [1.807, 2.05) is 13.8 Å². The first-order valence-corrected chi connectivity index (χ1v) is 8.72. The topological polar surface area (TPSA) is 47.6 Å². The van der Waals surface area contributed by atoms with Crippen molar-refractivity contribution >= 4 is 35.0 Å². The van der Waals surface area contributed by atoms with Gasteiger partial charge in [-0.05, 0) is 25.5 Å². The van der Waals surface area contributed by atoms with Crippen LogP contribution in [0.15, 0.2) is 35.2 Å². The van der Waals surface area contributed by atoms with Gasteiger partial charge in [0.25, 0.3) is 0 Å². The van der Waals surface area contributed by atoms with E-state index in [0.717, 1.165) is 10.5 Å². The molecule has 0 bridgehead atoms. The number of hydrogen-bond acceptors (Lipinski definition) is 4. The Morgan fingerprint density at radius 3 is 2.46 bits per heavy atom. The highest BCUT2D eigenvalue weighted by molar-refractivity contribution is 8.00. The fourth-order valence-electron chi connectivity index (χ4n) is 2.14. The summed E-state index contributed by atoms with van der Waals surface area (Å²) in [5.41, 5.74) is 2.83. The number of methoxy groups -OCH3 is 2. The molecule has 0 unspecified atom stereocenters. The number of ether oxygens (including phenoxy) is 2. The fraction of sp³-hybridized carbons (Fsp3) is 0.278. The zero-order chi connectivity index (χ0) is 17.7. The first-order valence-electron chi connectivity index (χ1n) is 7.36. The number of aryl methyl sites for hydroxylation is 2. The molecule has 0 aliphatic heterocycles. The van der Waals surface area contributed by atoms with Crippen LogP contribution in [0, 0.1) is 13.8 Å². The second-order valence-corrected chi connectivity index (χ2v) is 6.72. The van der Waals surface area contributed by atoms with Gasteiger partial charge in [0.2, 0.25) is 5.91 Å². The van der Waals surface area contributed by atoms with Crippen LogP contribution in [0.2, 0.25) is 5.02 Å². The van der Waals surface area contributed by atoms with Crippen molar-refractivity contribution in [2.24, 2.45) is 0 Å². The van der Waals surface area contributed by atoms with E-state index >= 15 is 0 Å². The van der Waals surface area contributed by atoms with E-state index in [9.17, 15) is 4.79 Å². The van der Waals surface area contributed by atoms with Crippen LogP contribution in [-0.2, 0) is 4.79 Å². The van der Waals surface area contributed by atoms with Crippen molar-refractivity contribution in [3.8, 4) is 11.5 Å². The summed E-state index contributed by atoms with van der Waals surface area (Å²) in [5.74, 6) is 1.20. The first kappa shape index (κ1) is 18.5. The van der Waals surface area contributed by atoms with Crippen LogP contribution in [-0.4, -0.2) is 25.9 Å². The SMILES string of the molecule is COc1cc(Cl)c(NC(=O)CSc2cc(C)ccc2C)cc1OC. The number of carbonyl (C=O) groups excluding carboxylic acids is 1. The van der Waals surface area contributed by atoms with Crippen molar-refractivity contribution in [1.82, 2.24) is 0 Å². The van der Waals surface area contributed by atoms with Crippen LogP contribution < -0.4 is 14.8 Å². The minimum atomic E-state index is -0.130. The van der Waals surface area contributed by atoms with E-state index in [1.54, 1.807) is 12.1 Å². The summed E-state index contributed by atoms with van der Waals surface area (Å²) in [5, 5.41) is 3.21. The summed E-state index contributed by atoms with van der Waals surface area (Å²) < 4.78 is 10.4. The second kappa shape index (κ2) is 8.31. The Labute approximate surface area is 151 Å². The molecular formula is C18H20ClNO3S. The molecule has 128 valence electrons. The summed E-state index contributed by atoms with van der Waals surface area (Å²) >= 11 is 7.69. The summed E-state index contributed by atoms with van der Waals surface area (Å²) in [4.78, 5) is 13.3. The highest BCUT2D eigenvalue weighted by atomic mass is 35.5. The number of carbonyl (C=O) groups is 1. The first-order chi connectivity index (χ1) is 11.4. The lowest BCUT2D eigenvalue weighted by molar-refractivity contribution is -0.113. The molecule has 0 spiro atoms. The van der Waals surface area contributed by atoms with Crippen LogP contribution in [0.4, 0.5) is 5.69 Å². The number of rotatable bonds is 6. The third-order valence-electron chi connectivity index (χ3n) is 3.45. The molecule has 0 aromatic heterocycles. The number of hydrogen-bond donors (Lipinski definition) is 1. The molecule has 0 heterocycles. The van der Waals surface area contributed by atoms with Crippen molar-refractivity contribution < 1.29 is 14.3 Å². The molecule has 0 saturated heterocycles. The van der Waals surface area contributed by atoms with Crippen molar-refractivity contribution in [2.75, 3.05) is 25.3 Å². The molecule has 1 N–H and O–H groups in total. The number of thioether (sulfide) groups is 1. The zero-order valence-corrected chi connectivity index (χ0v) is 15.7. The lowest BCUT2D eigenvalue weighted by atomic mass is 10.2. The number of anilines is 1. The van der Waals surface area contributed by atoms with E-state index in [1.165, 1.54) is 31.5 Å². The predicted octanol–water partition coefficient (Wildman–Crippen LogP) is 4.70. The molecule has 6 heteroatoms. The standard InChI is InChI=1S/C18H20ClNO3S/c1-11-5-6-12(2)17(7-11)24-10-18(21)20-14-9-16(23-4)15(22-3)8-13(14)19/h5-9H,10H2,1-4H3,(H,20,21). The number of nitrogens with one attached hydrogen (secondary N) is 1. The Morgan fingerprint density at radius 1 is 1.12 bits per heavy atom. The maximum atomic E-state index is 12.2. The number of benzene rings is 2. The van der Waals surface area contributed by atoms with Crippen molar-refractivity contribution in [3.63, 3.8) is 0 Å². The summed E-state index contributed by atoms with van der Waals surface area (Å²) in [6.07, 6.45) is 0. The molecule has 0 atom stereocenters. The van der Waals surface area contributed by atoms with Gasteiger partial charge in [-0.25, -0.2) is 0 Å². The summed E-state index contributed by atoms with van der Waals surface area (Å²) in [7, 11) is 3.07. The Kier molecular flexibility index (Phi) is 6.40. The molecule has 2 aromatic rings. The lowest BCUT2D eigenvalue weighted by Crippen LogP contribution is -2.14. The average Bonchev–Trinajstić information content (AvgIpc) is 2.57. The van der Waals surface area contributed by atoms with Crippen LogP contribution in [0.3, 0.4) is 0 Å². The van der Waals surface area contributed by atoms with Gasteiger partial charge in [-0.15, -0.1) is 11.8 Å². The summed E-state index contributed by atoms with van der Waals surface area (Å²) in [6.45, 7) is 4.07. The molecule has 1 amide bonds. The van der Waals surface area contributed by atoms with Gasteiger partial charge in [0.1, 0.15) is 0 Å². The second-order valence-electron chi connectivity index (χ2n) is 5.29. The Hall–Kier alpha value is -1.85. The largest absolute Gasteiger partial charge is 0.493 e. The van der Waals surface area contributed by atoms with Gasteiger partial charge < -0.3 is 14.8 Å². The molecule has 0 aliphatic carbocycles. The van der Waals surface area contributed by atoms with Gasteiger partial charge in [-0.3, -0.25) is 4.79 Å². The van der Waals surface area contributed by atoms with Crippen LogP contribution >= 0.6 is 23.4 Å². The van der Waals surface area contributed by atoms with Crippen LogP contribution in [0.25, 0.3) is 0 Å². The molecule has 4 nitrogen and oxygen atoms in total. The van der Waals surface area contributed by atoms with Crippen molar-refractivity contribution in [2.45, 2.75) is 18.7 Å². The minimum Gasteiger partial charge on any atom is -0.493 e. The van der Waals surface area contributed by atoms with E-state index in [4.69, 9.17) is 21.1 Å². The molecule has 24 heavy (non-hydrogen) atoms. The molecule has 0 fully saturated rings. The van der Waals surface area contributed by atoms with E-state index < -0.39 is 0 Å². The molecular weight excluding hydrogens is 346 g/mol. The van der Waals surface area contributed by atoms with Crippen molar-refractivity contribution in [1.29, 1.82) is 0 Å². The van der Waals surface area contributed by atoms with Gasteiger partial charge in [-0.1, -0.05) is 29.3 Å². The maximum Gasteiger partial charge on any atom is 0.234 e. The quantitative estimate of drug-likeness (QED) is 0.753. The molecule has 0 saturated carbocycles. The number of halogens is 1. The Balaban J connectivity index is 2.06. The lowest BCUT2D eigenvalue weighted by Gasteiger charge is -2.13. The highest BCUT2D eigenvalue weighted by Gasteiger charge is 2.13. The van der Waals surface area contributed by atoms with Crippen LogP contribution in [0.5, 0.6) is 11.5 Å². The zero-order valence-electron chi connectivity index (χ0n) is 14.1. The van der Waals surface area contributed by atoms with E-state index in [-0.39, 0.29) is 5.91 Å².